The predicted molar refractivity (Wildman–Crippen MR) is 69.9 cm³/mol. The van der Waals surface area contributed by atoms with E-state index in [0.29, 0.717) is 5.57 Å². The molecule has 0 fully saturated rings. The predicted octanol–water partition coefficient (Wildman–Crippen LogP) is 2.31. The maximum atomic E-state index is 10.5. The van der Waals surface area contributed by atoms with Gasteiger partial charge < -0.3 is 15.3 Å². The number of carboxylic acids is 3. The fourth-order valence-electron chi connectivity index (χ4n) is 1.11. The van der Waals surface area contributed by atoms with Crippen LogP contribution in [0.2, 0.25) is 0 Å². The molecule has 0 heterocycles. The minimum Gasteiger partial charge on any atom is -0.478 e. The summed E-state index contributed by atoms with van der Waals surface area (Å²) in [4.78, 5) is 30.9. The zero-order valence-electron chi connectivity index (χ0n) is 11.6. The molecule has 3 N–H and O–H groups in total. The summed E-state index contributed by atoms with van der Waals surface area (Å²) in [5.74, 6) is -3.13. The van der Waals surface area contributed by atoms with Gasteiger partial charge in [-0.2, -0.15) is 0 Å². The number of hydrogen-bond donors (Lipinski definition) is 3. The molecular weight excluding hydrogens is 252 g/mol. The normalized spacial score (nSPS) is 11.9. The van der Waals surface area contributed by atoms with Crippen LogP contribution in [0.15, 0.2) is 22.8 Å². The van der Waals surface area contributed by atoms with Crippen LogP contribution in [0.25, 0.3) is 0 Å². The van der Waals surface area contributed by atoms with Gasteiger partial charge in [-0.3, -0.25) is 0 Å². The molecule has 0 spiro atoms. The number of allylic oxidation sites excluding steroid dienone is 1. The summed E-state index contributed by atoms with van der Waals surface area (Å²) in [6.45, 7) is 6.51. The number of carbonyl (C=O) groups is 3. The zero-order valence-corrected chi connectivity index (χ0v) is 11.6. The SMILES string of the molecule is CC=C(C)C(=O)O.CCC(C(=O)O)=C(CC)C(=O)O. The van der Waals surface area contributed by atoms with Gasteiger partial charge in [-0.1, -0.05) is 19.9 Å². The van der Waals surface area contributed by atoms with Gasteiger partial charge in [0.15, 0.2) is 0 Å². The second-order valence-corrected chi connectivity index (χ2v) is 3.55. The molecule has 6 heteroatoms. The summed E-state index contributed by atoms with van der Waals surface area (Å²) in [6, 6.07) is 0. The lowest BCUT2D eigenvalue weighted by Crippen LogP contribution is -2.10. The van der Waals surface area contributed by atoms with Gasteiger partial charge in [0.1, 0.15) is 0 Å². The lowest BCUT2D eigenvalue weighted by Gasteiger charge is -2.03. The summed E-state index contributed by atoms with van der Waals surface area (Å²) in [7, 11) is 0. The van der Waals surface area contributed by atoms with E-state index in [1.165, 1.54) is 0 Å². The Labute approximate surface area is 112 Å². The van der Waals surface area contributed by atoms with Crippen molar-refractivity contribution in [3.63, 3.8) is 0 Å². The molecule has 0 aliphatic heterocycles. The highest BCUT2D eigenvalue weighted by molar-refractivity contribution is 5.98. The van der Waals surface area contributed by atoms with E-state index in [0.717, 1.165) is 0 Å². The minimum atomic E-state index is -1.14. The molecular formula is C13H20O6. The van der Waals surface area contributed by atoms with E-state index in [1.807, 2.05) is 0 Å². The quantitative estimate of drug-likeness (QED) is 0.662. The summed E-state index contributed by atoms with van der Waals surface area (Å²) in [6.07, 6.45) is 2.04. The van der Waals surface area contributed by atoms with Gasteiger partial charge in [0.2, 0.25) is 0 Å². The molecule has 0 aliphatic carbocycles. The molecule has 0 bridgehead atoms. The molecule has 0 amide bonds. The Kier molecular flexibility index (Phi) is 10.00. The Hall–Kier alpha value is -2.11. The Morgan fingerprint density at radius 3 is 1.21 bits per heavy atom. The van der Waals surface area contributed by atoms with Crippen molar-refractivity contribution in [1.82, 2.24) is 0 Å². The minimum absolute atomic E-state index is 0.00926. The van der Waals surface area contributed by atoms with Gasteiger partial charge in [-0.25, -0.2) is 14.4 Å². The van der Waals surface area contributed by atoms with Gasteiger partial charge in [-0.15, -0.1) is 0 Å². The Bertz CT molecular complexity index is 379. The highest BCUT2D eigenvalue weighted by Crippen LogP contribution is 2.12. The van der Waals surface area contributed by atoms with Gasteiger partial charge in [-0.05, 0) is 26.7 Å². The summed E-state index contributed by atoms with van der Waals surface area (Å²) in [5.41, 5.74) is 0.370. The van der Waals surface area contributed by atoms with Crippen LogP contribution in [0, 0.1) is 0 Å². The van der Waals surface area contributed by atoms with E-state index in [4.69, 9.17) is 15.3 Å². The smallest absolute Gasteiger partial charge is 0.332 e. The molecule has 0 aromatic heterocycles. The van der Waals surface area contributed by atoms with Crippen molar-refractivity contribution in [3.05, 3.63) is 22.8 Å². The van der Waals surface area contributed by atoms with Crippen molar-refractivity contribution in [3.8, 4) is 0 Å². The van der Waals surface area contributed by atoms with Crippen molar-refractivity contribution in [2.24, 2.45) is 0 Å². The van der Waals surface area contributed by atoms with Crippen molar-refractivity contribution >= 4 is 17.9 Å². The van der Waals surface area contributed by atoms with Gasteiger partial charge in [0, 0.05) is 16.7 Å². The number of aliphatic carboxylic acids is 3. The maximum absolute atomic E-state index is 10.5. The molecule has 0 aliphatic rings. The average molecular weight is 272 g/mol. The van der Waals surface area contributed by atoms with E-state index < -0.39 is 17.9 Å². The molecule has 0 unspecified atom stereocenters. The van der Waals surface area contributed by atoms with Crippen LogP contribution in [-0.2, 0) is 14.4 Å². The van der Waals surface area contributed by atoms with Gasteiger partial charge in [0.05, 0.1) is 0 Å². The van der Waals surface area contributed by atoms with Crippen LogP contribution in [0.3, 0.4) is 0 Å². The zero-order chi connectivity index (χ0) is 15.6. The van der Waals surface area contributed by atoms with Crippen LogP contribution >= 0.6 is 0 Å². The second kappa shape index (κ2) is 9.87. The van der Waals surface area contributed by atoms with E-state index in [1.54, 1.807) is 33.8 Å². The molecule has 0 radical (unpaired) electrons. The first-order valence-electron chi connectivity index (χ1n) is 5.77. The number of hydrogen-bond acceptors (Lipinski definition) is 3. The maximum Gasteiger partial charge on any atom is 0.332 e. The van der Waals surface area contributed by atoms with Crippen LogP contribution in [-0.4, -0.2) is 33.2 Å². The fourth-order valence-corrected chi connectivity index (χ4v) is 1.11. The third-order valence-corrected chi connectivity index (χ3v) is 2.36. The van der Waals surface area contributed by atoms with Gasteiger partial charge in [0.25, 0.3) is 0 Å². The molecule has 108 valence electrons. The molecule has 0 saturated carbocycles. The van der Waals surface area contributed by atoms with E-state index in [9.17, 15) is 14.4 Å². The summed E-state index contributed by atoms with van der Waals surface area (Å²) >= 11 is 0. The lowest BCUT2D eigenvalue weighted by molar-refractivity contribution is -0.136. The first kappa shape index (κ1) is 19.2. The Morgan fingerprint density at radius 1 is 0.842 bits per heavy atom. The standard InChI is InChI=1S/C8H12O4.C5H8O2/c1-3-5(7(9)10)6(4-2)8(11)12;1-3-4(2)5(6)7/h3-4H2,1-2H3,(H,9,10)(H,11,12);3H,1-2H3,(H,6,7). The molecule has 0 aromatic rings. The topological polar surface area (TPSA) is 112 Å². The monoisotopic (exact) mass is 272 g/mol. The third kappa shape index (κ3) is 7.75. The molecule has 0 aromatic carbocycles. The van der Waals surface area contributed by atoms with Crippen LogP contribution in [0.1, 0.15) is 40.5 Å². The Morgan fingerprint density at radius 2 is 1.16 bits per heavy atom. The van der Waals surface area contributed by atoms with E-state index in [-0.39, 0.29) is 24.0 Å². The van der Waals surface area contributed by atoms with E-state index in [2.05, 4.69) is 0 Å². The lowest BCUT2D eigenvalue weighted by atomic mass is 10.0. The largest absolute Gasteiger partial charge is 0.478 e. The first-order valence-corrected chi connectivity index (χ1v) is 5.77. The summed E-state index contributed by atoms with van der Waals surface area (Å²) in [5, 5.41) is 25.3. The molecule has 19 heavy (non-hydrogen) atoms. The number of rotatable bonds is 5. The van der Waals surface area contributed by atoms with Gasteiger partial charge >= 0.3 is 17.9 Å². The van der Waals surface area contributed by atoms with Crippen molar-refractivity contribution in [2.75, 3.05) is 0 Å². The van der Waals surface area contributed by atoms with Crippen molar-refractivity contribution in [2.45, 2.75) is 40.5 Å². The molecule has 6 nitrogen and oxygen atoms in total. The fraction of sp³-hybridized carbons (Fsp3) is 0.462. The van der Waals surface area contributed by atoms with Crippen LogP contribution < -0.4 is 0 Å². The Balaban J connectivity index is 0. The molecule has 0 atom stereocenters. The van der Waals surface area contributed by atoms with Crippen molar-refractivity contribution in [1.29, 1.82) is 0 Å². The van der Waals surface area contributed by atoms with E-state index >= 15 is 0 Å². The second-order valence-electron chi connectivity index (χ2n) is 3.55. The van der Waals surface area contributed by atoms with Crippen LogP contribution in [0.4, 0.5) is 0 Å². The molecule has 0 rings (SSSR count). The highest BCUT2D eigenvalue weighted by atomic mass is 16.4. The van der Waals surface area contributed by atoms with Crippen LogP contribution in [0.5, 0.6) is 0 Å². The molecule has 0 saturated heterocycles. The third-order valence-electron chi connectivity index (χ3n) is 2.36. The average Bonchev–Trinajstić information content (AvgIpc) is 2.34. The summed E-state index contributed by atoms with van der Waals surface area (Å²) < 4.78 is 0. The first-order chi connectivity index (χ1) is 8.72. The highest BCUT2D eigenvalue weighted by Gasteiger charge is 2.16. The number of carboxylic acid groups (broad SMARTS) is 3. The van der Waals surface area contributed by atoms with Crippen molar-refractivity contribution < 1.29 is 29.7 Å².